The monoisotopic (exact) mass is 318 g/mol. The first kappa shape index (κ1) is 14.8. The molecule has 0 saturated heterocycles. The summed E-state index contributed by atoms with van der Waals surface area (Å²) in [6.45, 7) is 2.60. The third kappa shape index (κ3) is 3.06. The number of rotatable bonds is 4. The Morgan fingerprint density at radius 2 is 2.14 bits per heavy atom. The average molecular weight is 318 g/mol. The number of carbonyl (C=O) groups excluding carboxylic acids is 1. The summed E-state index contributed by atoms with van der Waals surface area (Å²) >= 11 is 0. The van der Waals surface area contributed by atoms with Crippen LogP contribution in [-0.4, -0.2) is 30.7 Å². The normalized spacial score (nSPS) is 19.6. The molecule has 5 nitrogen and oxygen atoms in total. The van der Waals surface area contributed by atoms with Gasteiger partial charge in [-0.15, -0.1) is 0 Å². The van der Waals surface area contributed by atoms with Crippen LogP contribution in [0.15, 0.2) is 41.8 Å². The molecule has 1 aromatic carbocycles. The first-order valence-electron chi connectivity index (χ1n) is 7.20. The molecule has 116 valence electrons. The lowest BCUT2D eigenvalue weighted by molar-refractivity contribution is -0.121. The average Bonchev–Trinajstić information content (AvgIpc) is 2.95. The molecule has 0 aliphatic carbocycles. The predicted molar refractivity (Wildman–Crippen MR) is 86.1 cm³/mol. The van der Waals surface area contributed by atoms with Crippen LogP contribution < -0.4 is 5.32 Å². The Labute approximate surface area is 129 Å². The quantitative estimate of drug-likeness (QED) is 0.934. The summed E-state index contributed by atoms with van der Waals surface area (Å²) in [6.07, 6.45) is 1.85. The molecule has 0 fully saturated rings. The summed E-state index contributed by atoms with van der Waals surface area (Å²) in [7, 11) is -3.14. The van der Waals surface area contributed by atoms with E-state index in [1.165, 1.54) is 11.5 Å². The van der Waals surface area contributed by atoms with Gasteiger partial charge in [-0.1, -0.05) is 18.2 Å². The Morgan fingerprint density at radius 3 is 2.86 bits per heavy atom. The third-order valence-corrected chi connectivity index (χ3v) is 5.25. The maximum Gasteiger partial charge on any atom is 0.222 e. The Morgan fingerprint density at radius 1 is 1.36 bits per heavy atom. The van der Waals surface area contributed by atoms with Crippen molar-refractivity contribution in [2.75, 3.05) is 5.75 Å². The van der Waals surface area contributed by atoms with E-state index in [0.717, 1.165) is 16.6 Å². The maximum atomic E-state index is 12.0. The molecule has 2 heterocycles. The number of hydrogen-bond acceptors (Lipinski definition) is 3. The molecular formula is C16H18N2O3S. The zero-order valence-corrected chi connectivity index (χ0v) is 13.1. The molecule has 1 amide bonds. The zero-order chi connectivity index (χ0) is 15.7. The van der Waals surface area contributed by atoms with E-state index in [1.54, 1.807) is 0 Å². The summed E-state index contributed by atoms with van der Waals surface area (Å²) < 4.78 is 24.7. The maximum absolute atomic E-state index is 12.0. The molecule has 1 aliphatic heterocycles. The molecule has 2 aromatic rings. The first-order valence-corrected chi connectivity index (χ1v) is 8.91. The van der Waals surface area contributed by atoms with Crippen LogP contribution in [0.25, 0.3) is 10.9 Å². The van der Waals surface area contributed by atoms with Gasteiger partial charge in [0.2, 0.25) is 5.91 Å². The minimum absolute atomic E-state index is 0.0375. The van der Waals surface area contributed by atoms with E-state index in [-0.39, 0.29) is 11.7 Å². The fourth-order valence-electron chi connectivity index (χ4n) is 2.80. The van der Waals surface area contributed by atoms with Crippen molar-refractivity contribution in [3.05, 3.63) is 47.5 Å². The van der Waals surface area contributed by atoms with Crippen molar-refractivity contribution >= 4 is 26.6 Å². The molecule has 1 aromatic heterocycles. The van der Waals surface area contributed by atoms with Crippen molar-refractivity contribution in [2.45, 2.75) is 25.9 Å². The lowest BCUT2D eigenvalue weighted by Crippen LogP contribution is -2.35. The molecule has 0 unspecified atom stereocenters. The molecule has 22 heavy (non-hydrogen) atoms. The van der Waals surface area contributed by atoms with Gasteiger partial charge in [0, 0.05) is 29.6 Å². The van der Waals surface area contributed by atoms with E-state index in [9.17, 15) is 13.2 Å². The number of benzene rings is 1. The van der Waals surface area contributed by atoms with Crippen molar-refractivity contribution in [3.63, 3.8) is 0 Å². The van der Waals surface area contributed by atoms with Crippen LogP contribution in [0, 0.1) is 6.92 Å². The second-order valence-electron chi connectivity index (χ2n) is 5.58. The van der Waals surface area contributed by atoms with E-state index >= 15 is 0 Å². The Hall–Kier alpha value is -2.08. The highest BCUT2D eigenvalue weighted by molar-refractivity contribution is 7.94. The van der Waals surface area contributed by atoms with Gasteiger partial charge in [0.25, 0.3) is 0 Å². The third-order valence-electron chi connectivity index (χ3n) is 3.86. The molecule has 1 aliphatic rings. The standard InChI is InChI=1S/C16H18N2O3S/c1-12-10-13-4-2-3-5-15(13)18(12)8-6-16(19)17-14-7-9-22(20,21)11-14/h2-5,7,9-10,14H,6,8,11H2,1H3,(H,17,19)/t14-/m1/s1. The predicted octanol–water partition coefficient (Wildman–Crippen LogP) is 1.77. The number of fused-ring (bicyclic) bond motifs is 1. The van der Waals surface area contributed by atoms with Gasteiger partial charge in [0.15, 0.2) is 9.84 Å². The summed E-state index contributed by atoms with van der Waals surface area (Å²) in [5.74, 6) is -0.173. The van der Waals surface area contributed by atoms with Crippen LogP contribution in [0.2, 0.25) is 0 Å². The minimum atomic E-state index is -3.14. The number of carbonyl (C=O) groups is 1. The van der Waals surface area contributed by atoms with Crippen LogP contribution in [-0.2, 0) is 21.2 Å². The Balaban J connectivity index is 1.63. The summed E-state index contributed by atoms with van der Waals surface area (Å²) in [5, 5.41) is 5.07. The summed E-state index contributed by atoms with van der Waals surface area (Å²) in [5.41, 5.74) is 2.22. The van der Waals surface area contributed by atoms with E-state index < -0.39 is 15.9 Å². The van der Waals surface area contributed by atoms with Gasteiger partial charge in [-0.2, -0.15) is 0 Å². The lowest BCUT2D eigenvalue weighted by atomic mass is 10.2. The molecule has 1 N–H and O–H groups in total. The molecule has 1 atom stereocenters. The fourth-order valence-corrected chi connectivity index (χ4v) is 4.04. The number of nitrogens with zero attached hydrogens (tertiary/aromatic N) is 1. The lowest BCUT2D eigenvalue weighted by Gasteiger charge is -2.12. The van der Waals surface area contributed by atoms with Crippen LogP contribution in [0.3, 0.4) is 0 Å². The number of sulfone groups is 1. The molecule has 3 rings (SSSR count). The molecule has 0 radical (unpaired) electrons. The van der Waals surface area contributed by atoms with Crippen LogP contribution in [0.4, 0.5) is 0 Å². The zero-order valence-electron chi connectivity index (χ0n) is 12.3. The second kappa shape index (κ2) is 5.61. The number of amides is 1. The molecule has 6 heteroatoms. The highest BCUT2D eigenvalue weighted by Gasteiger charge is 2.22. The van der Waals surface area contributed by atoms with Crippen molar-refractivity contribution in [3.8, 4) is 0 Å². The minimum Gasteiger partial charge on any atom is -0.349 e. The number of hydrogen-bond donors (Lipinski definition) is 1. The summed E-state index contributed by atoms with van der Waals surface area (Å²) in [6, 6.07) is 9.75. The van der Waals surface area contributed by atoms with E-state index in [4.69, 9.17) is 0 Å². The van der Waals surface area contributed by atoms with Crippen molar-refractivity contribution in [1.82, 2.24) is 9.88 Å². The topological polar surface area (TPSA) is 68.2 Å². The van der Waals surface area contributed by atoms with Crippen molar-refractivity contribution in [1.29, 1.82) is 0 Å². The Kier molecular flexibility index (Phi) is 3.78. The Bertz CT molecular complexity index is 849. The largest absolute Gasteiger partial charge is 0.349 e. The van der Waals surface area contributed by atoms with Crippen molar-refractivity contribution < 1.29 is 13.2 Å². The molecule has 0 bridgehead atoms. The molecule has 0 spiro atoms. The van der Waals surface area contributed by atoms with E-state index in [0.29, 0.717) is 13.0 Å². The van der Waals surface area contributed by atoms with E-state index in [2.05, 4.69) is 16.0 Å². The number of aryl methyl sites for hydroxylation is 2. The summed E-state index contributed by atoms with van der Waals surface area (Å²) in [4.78, 5) is 12.0. The number of aromatic nitrogens is 1. The second-order valence-corrected chi connectivity index (χ2v) is 7.51. The van der Waals surface area contributed by atoms with Gasteiger partial charge in [-0.3, -0.25) is 4.79 Å². The van der Waals surface area contributed by atoms with Gasteiger partial charge >= 0.3 is 0 Å². The van der Waals surface area contributed by atoms with Gasteiger partial charge in [0.1, 0.15) is 0 Å². The van der Waals surface area contributed by atoms with Crippen LogP contribution in [0.1, 0.15) is 12.1 Å². The number of para-hydroxylation sites is 1. The molecule has 0 saturated carbocycles. The van der Waals surface area contributed by atoms with Gasteiger partial charge in [0.05, 0.1) is 11.8 Å². The van der Waals surface area contributed by atoms with Crippen LogP contribution >= 0.6 is 0 Å². The fraction of sp³-hybridized carbons (Fsp3) is 0.312. The highest BCUT2D eigenvalue weighted by Crippen LogP contribution is 2.19. The highest BCUT2D eigenvalue weighted by atomic mass is 32.2. The molecular weight excluding hydrogens is 300 g/mol. The SMILES string of the molecule is Cc1cc2ccccc2n1CCC(=O)N[C@@H]1C=CS(=O)(=O)C1. The smallest absolute Gasteiger partial charge is 0.222 e. The van der Waals surface area contributed by atoms with Gasteiger partial charge in [-0.05, 0) is 30.5 Å². The van der Waals surface area contributed by atoms with Crippen LogP contribution in [0.5, 0.6) is 0 Å². The number of nitrogens with one attached hydrogen (secondary N) is 1. The first-order chi connectivity index (χ1) is 10.4. The van der Waals surface area contributed by atoms with Crippen molar-refractivity contribution in [2.24, 2.45) is 0 Å². The van der Waals surface area contributed by atoms with Gasteiger partial charge in [-0.25, -0.2) is 8.42 Å². The van der Waals surface area contributed by atoms with E-state index in [1.807, 2.05) is 31.2 Å². The van der Waals surface area contributed by atoms with Gasteiger partial charge < -0.3 is 9.88 Å².